The van der Waals surface area contributed by atoms with Gasteiger partial charge >= 0.3 is 6.18 Å². The van der Waals surface area contributed by atoms with Crippen LogP contribution in [0.1, 0.15) is 5.56 Å². The zero-order chi connectivity index (χ0) is 35.4. The normalized spacial score (nSPS) is 11.8. The molecule has 0 radical (unpaired) electrons. The molecule has 52 heavy (non-hydrogen) atoms. The van der Waals surface area contributed by atoms with Gasteiger partial charge in [-0.25, -0.2) is 0 Å². The van der Waals surface area contributed by atoms with Crippen LogP contribution in [-0.2, 0) is 6.18 Å². The molecule has 0 heterocycles. The van der Waals surface area contributed by atoms with Gasteiger partial charge in [0, 0.05) is 0 Å². The van der Waals surface area contributed by atoms with Crippen molar-refractivity contribution >= 4 is 43.1 Å². The Hall–Kier alpha value is -6.39. The fourth-order valence-corrected chi connectivity index (χ4v) is 7.89. The molecule has 0 saturated heterocycles. The highest BCUT2D eigenvalue weighted by Crippen LogP contribution is 2.47. The van der Waals surface area contributed by atoms with Crippen LogP contribution in [0.3, 0.4) is 0 Å². The third-order valence-corrected chi connectivity index (χ3v) is 10.2. The van der Waals surface area contributed by atoms with Gasteiger partial charge in [0.05, 0.1) is 12.7 Å². The van der Waals surface area contributed by atoms with Crippen molar-refractivity contribution in [3.8, 4) is 50.3 Å². The molecule has 9 aromatic rings. The topological polar surface area (TPSA) is 9.23 Å². The molecule has 0 N–H and O–H groups in total. The summed E-state index contributed by atoms with van der Waals surface area (Å²) in [5.41, 5.74) is 7.81. The van der Waals surface area contributed by atoms with Crippen molar-refractivity contribution in [2.24, 2.45) is 0 Å². The van der Waals surface area contributed by atoms with E-state index in [0.29, 0.717) is 0 Å². The van der Waals surface area contributed by atoms with Crippen LogP contribution in [-0.4, -0.2) is 7.11 Å². The lowest BCUT2D eigenvalue weighted by Crippen LogP contribution is -2.04. The predicted octanol–water partition coefficient (Wildman–Crippen LogP) is 14.0. The number of rotatable bonds is 5. The maximum Gasteiger partial charge on any atom is 0.416 e. The molecule has 0 aliphatic heterocycles. The quantitative estimate of drug-likeness (QED) is 0.164. The minimum absolute atomic E-state index is 0.655. The maximum atomic E-state index is 13.5. The highest BCUT2D eigenvalue weighted by molar-refractivity contribution is 6.23. The van der Waals surface area contributed by atoms with Gasteiger partial charge in [-0.3, -0.25) is 0 Å². The van der Waals surface area contributed by atoms with Gasteiger partial charge in [-0.1, -0.05) is 146 Å². The van der Waals surface area contributed by atoms with Crippen LogP contribution in [0.2, 0.25) is 0 Å². The molecular weight excluding hydrogens is 650 g/mol. The van der Waals surface area contributed by atoms with Gasteiger partial charge < -0.3 is 4.74 Å². The first kappa shape index (κ1) is 31.6. The first-order valence-corrected chi connectivity index (χ1v) is 17.2. The SMILES string of the molecule is COc1ccc(-c2c3ccccc3c(-c3ccc(-c4c5ccccc5c(-c5ccc(C(F)(F)F)cc5)c5ccccc45)cc3)c3ccccc23)cc1. The molecule has 0 fully saturated rings. The molecular formula is C48H31F3O. The Morgan fingerprint density at radius 3 is 0.788 bits per heavy atom. The third-order valence-electron chi connectivity index (χ3n) is 10.2. The van der Waals surface area contributed by atoms with Gasteiger partial charge in [0.15, 0.2) is 0 Å². The lowest BCUT2D eigenvalue weighted by atomic mass is 9.84. The van der Waals surface area contributed by atoms with E-state index >= 15 is 0 Å². The number of fused-ring (bicyclic) bond motifs is 4. The first-order valence-electron chi connectivity index (χ1n) is 17.2. The molecule has 9 rings (SSSR count). The molecule has 4 heteroatoms. The van der Waals surface area contributed by atoms with Crippen LogP contribution in [0.5, 0.6) is 5.75 Å². The third kappa shape index (κ3) is 5.18. The van der Waals surface area contributed by atoms with Crippen molar-refractivity contribution < 1.29 is 17.9 Å². The van der Waals surface area contributed by atoms with E-state index in [4.69, 9.17) is 4.74 Å². The summed E-state index contributed by atoms with van der Waals surface area (Å²) < 4.78 is 45.9. The largest absolute Gasteiger partial charge is 0.497 e. The maximum absolute atomic E-state index is 13.5. The molecule has 0 amide bonds. The number of alkyl halides is 3. The first-order chi connectivity index (χ1) is 25.4. The highest BCUT2D eigenvalue weighted by atomic mass is 19.4. The van der Waals surface area contributed by atoms with Gasteiger partial charge in [0.2, 0.25) is 0 Å². The van der Waals surface area contributed by atoms with Crippen molar-refractivity contribution in [2.45, 2.75) is 6.18 Å². The highest BCUT2D eigenvalue weighted by Gasteiger charge is 2.30. The van der Waals surface area contributed by atoms with E-state index < -0.39 is 11.7 Å². The van der Waals surface area contributed by atoms with Gasteiger partial charge in [-0.15, -0.1) is 0 Å². The molecule has 0 unspecified atom stereocenters. The van der Waals surface area contributed by atoms with Gasteiger partial charge in [-0.05, 0) is 112 Å². The number of benzene rings is 9. The molecule has 0 aliphatic rings. The van der Waals surface area contributed by atoms with E-state index in [1.165, 1.54) is 44.8 Å². The van der Waals surface area contributed by atoms with E-state index in [1.807, 2.05) is 36.4 Å². The molecule has 1 nitrogen and oxygen atoms in total. The van der Waals surface area contributed by atoms with Crippen molar-refractivity contribution in [1.82, 2.24) is 0 Å². The fraction of sp³-hybridized carbons (Fsp3) is 0.0417. The van der Waals surface area contributed by atoms with E-state index in [-0.39, 0.29) is 0 Å². The molecule has 0 spiro atoms. The Morgan fingerprint density at radius 2 is 0.558 bits per heavy atom. The van der Waals surface area contributed by atoms with E-state index in [1.54, 1.807) is 19.2 Å². The average Bonchev–Trinajstić information content (AvgIpc) is 3.19. The summed E-state index contributed by atoms with van der Waals surface area (Å²) in [6, 6.07) is 56.2. The summed E-state index contributed by atoms with van der Waals surface area (Å²) >= 11 is 0. The standard InChI is InChI=1S/C48H31F3O/c1-52-35-28-24-33(25-29-35)47-42-16-8-4-12-38(42)45(39-13-5-9-17-43(39)47)31-20-18-30(19-21-31)44-36-10-2-6-14-40(36)46(41-15-7-3-11-37(41)44)32-22-26-34(27-23-32)48(49,50)51/h2-29H,1H3. The Bertz CT molecular complexity index is 2670. The Labute approximate surface area is 299 Å². The molecule has 0 aromatic heterocycles. The van der Waals surface area contributed by atoms with Gasteiger partial charge in [0.1, 0.15) is 5.75 Å². The number of halogens is 3. The van der Waals surface area contributed by atoms with E-state index in [0.717, 1.165) is 60.7 Å². The van der Waals surface area contributed by atoms with Crippen molar-refractivity contribution in [3.63, 3.8) is 0 Å². The number of hydrogen-bond donors (Lipinski definition) is 0. The Morgan fingerprint density at radius 1 is 0.327 bits per heavy atom. The molecule has 0 saturated carbocycles. The Balaban J connectivity index is 1.23. The summed E-state index contributed by atoms with van der Waals surface area (Å²) in [5.74, 6) is 0.823. The van der Waals surface area contributed by atoms with Crippen LogP contribution in [0.25, 0.3) is 87.6 Å². The summed E-state index contributed by atoms with van der Waals surface area (Å²) in [5, 5.41) is 8.79. The summed E-state index contributed by atoms with van der Waals surface area (Å²) in [7, 11) is 1.68. The van der Waals surface area contributed by atoms with E-state index in [9.17, 15) is 13.2 Å². The number of methoxy groups -OCH3 is 1. The smallest absolute Gasteiger partial charge is 0.416 e. The monoisotopic (exact) mass is 680 g/mol. The van der Waals surface area contributed by atoms with Crippen LogP contribution in [0.4, 0.5) is 13.2 Å². The fourth-order valence-electron chi connectivity index (χ4n) is 7.89. The van der Waals surface area contributed by atoms with Crippen molar-refractivity contribution in [1.29, 1.82) is 0 Å². The van der Waals surface area contributed by atoms with Crippen molar-refractivity contribution in [3.05, 3.63) is 175 Å². The second-order valence-electron chi connectivity index (χ2n) is 13.1. The summed E-state index contributed by atoms with van der Waals surface area (Å²) in [6.07, 6.45) is -4.39. The van der Waals surface area contributed by atoms with Crippen LogP contribution < -0.4 is 4.74 Å². The summed E-state index contributed by atoms with van der Waals surface area (Å²) in [4.78, 5) is 0. The van der Waals surface area contributed by atoms with E-state index in [2.05, 4.69) is 109 Å². The van der Waals surface area contributed by atoms with Crippen LogP contribution in [0, 0.1) is 0 Å². The molecule has 250 valence electrons. The molecule has 0 bridgehead atoms. The minimum atomic E-state index is -4.39. The zero-order valence-corrected chi connectivity index (χ0v) is 28.2. The zero-order valence-electron chi connectivity index (χ0n) is 28.2. The molecule has 0 aliphatic carbocycles. The van der Waals surface area contributed by atoms with Crippen LogP contribution in [0.15, 0.2) is 170 Å². The van der Waals surface area contributed by atoms with Crippen molar-refractivity contribution in [2.75, 3.05) is 7.11 Å². The minimum Gasteiger partial charge on any atom is -0.497 e. The number of hydrogen-bond acceptors (Lipinski definition) is 1. The second-order valence-corrected chi connectivity index (χ2v) is 13.1. The molecule has 0 atom stereocenters. The predicted molar refractivity (Wildman–Crippen MR) is 210 cm³/mol. The Kier molecular flexibility index (Phi) is 7.55. The second kappa shape index (κ2) is 12.4. The lowest BCUT2D eigenvalue weighted by Gasteiger charge is -2.19. The van der Waals surface area contributed by atoms with Gasteiger partial charge in [-0.2, -0.15) is 13.2 Å². The van der Waals surface area contributed by atoms with Gasteiger partial charge in [0.25, 0.3) is 0 Å². The number of ether oxygens (including phenoxy) is 1. The average molecular weight is 681 g/mol. The van der Waals surface area contributed by atoms with Crippen LogP contribution >= 0.6 is 0 Å². The summed E-state index contributed by atoms with van der Waals surface area (Å²) in [6.45, 7) is 0. The lowest BCUT2D eigenvalue weighted by molar-refractivity contribution is -0.137. The molecule has 9 aromatic carbocycles.